The second kappa shape index (κ2) is 6.54. The van der Waals surface area contributed by atoms with Gasteiger partial charge in [0.05, 0.1) is 10.0 Å². The molecule has 0 fully saturated rings. The maximum Gasteiger partial charge on any atom is 0.0598 e. The van der Waals surface area contributed by atoms with Gasteiger partial charge in [0.25, 0.3) is 0 Å². The van der Waals surface area contributed by atoms with Gasteiger partial charge in [0, 0.05) is 39.9 Å². The summed E-state index contributed by atoms with van der Waals surface area (Å²) in [6.07, 6.45) is 0. The number of nitrogens with two attached hydrogens (primary N) is 1. The Morgan fingerprint density at radius 2 is 1.36 bits per heavy atom. The molecule has 2 nitrogen and oxygen atoms in total. The fraction of sp³-hybridized carbons (Fsp3) is 0.100. The van der Waals surface area contributed by atoms with Gasteiger partial charge in [-0.05, 0) is 53.6 Å². The molecule has 0 aliphatic heterocycles. The zero-order valence-electron chi connectivity index (χ0n) is 13.3. The van der Waals surface area contributed by atoms with Crippen LogP contribution in [0.25, 0.3) is 32.9 Å². The summed E-state index contributed by atoms with van der Waals surface area (Å²) in [5.41, 5.74) is 10.2. The minimum Gasteiger partial charge on any atom is -0.339 e. The van der Waals surface area contributed by atoms with Crippen LogP contribution in [0.3, 0.4) is 0 Å². The number of rotatable bonds is 3. The second-order valence-corrected chi connectivity index (χ2v) is 7.21. The first kappa shape index (κ1) is 16.7. The molecule has 0 aliphatic carbocycles. The lowest BCUT2D eigenvalue weighted by molar-refractivity contribution is 0.758. The average molecular weight is 390 g/mol. The van der Waals surface area contributed by atoms with Crippen molar-refractivity contribution in [3.8, 4) is 11.1 Å². The van der Waals surface area contributed by atoms with Crippen LogP contribution in [0, 0.1) is 0 Å². The Morgan fingerprint density at radius 1 is 0.720 bits per heavy atom. The monoisotopic (exact) mass is 388 g/mol. The van der Waals surface area contributed by atoms with Crippen molar-refractivity contribution in [1.29, 1.82) is 0 Å². The van der Waals surface area contributed by atoms with E-state index in [4.69, 9.17) is 40.5 Å². The lowest BCUT2D eigenvalue weighted by Gasteiger charge is -2.07. The Hall–Kier alpha value is -1.71. The lowest BCUT2D eigenvalue weighted by Crippen LogP contribution is -2.09. The Kier molecular flexibility index (Phi) is 4.38. The van der Waals surface area contributed by atoms with Crippen LogP contribution in [0.2, 0.25) is 15.1 Å². The Morgan fingerprint density at radius 3 is 2.08 bits per heavy atom. The first-order valence-corrected chi connectivity index (χ1v) is 9.09. The molecular weight excluding hydrogens is 375 g/mol. The highest BCUT2D eigenvalue weighted by atomic mass is 35.5. The molecule has 0 radical (unpaired) electrons. The SMILES string of the molecule is NCCn1c2ccc(Cl)cc2c2cc(-c3ccc(Cl)c(Cl)c3)ccc21. The van der Waals surface area contributed by atoms with Crippen LogP contribution in [0.5, 0.6) is 0 Å². The van der Waals surface area contributed by atoms with Crippen molar-refractivity contribution < 1.29 is 0 Å². The third-order valence-electron chi connectivity index (χ3n) is 4.43. The van der Waals surface area contributed by atoms with E-state index in [2.05, 4.69) is 22.8 Å². The van der Waals surface area contributed by atoms with E-state index in [1.165, 1.54) is 0 Å². The molecule has 0 spiro atoms. The Labute approximate surface area is 160 Å². The van der Waals surface area contributed by atoms with Crippen LogP contribution >= 0.6 is 34.8 Å². The number of nitrogens with zero attached hydrogens (tertiary/aromatic N) is 1. The first-order chi connectivity index (χ1) is 12.1. The summed E-state index contributed by atoms with van der Waals surface area (Å²) < 4.78 is 2.24. The second-order valence-electron chi connectivity index (χ2n) is 5.96. The normalized spacial score (nSPS) is 11.5. The zero-order valence-corrected chi connectivity index (χ0v) is 15.5. The molecule has 4 rings (SSSR count). The molecule has 4 aromatic rings. The number of fused-ring (bicyclic) bond motifs is 3. The van der Waals surface area contributed by atoms with Crippen LogP contribution in [-0.4, -0.2) is 11.1 Å². The minimum atomic E-state index is 0.549. The van der Waals surface area contributed by atoms with Gasteiger partial charge in [-0.3, -0.25) is 0 Å². The smallest absolute Gasteiger partial charge is 0.0598 e. The van der Waals surface area contributed by atoms with Crippen molar-refractivity contribution in [3.05, 3.63) is 69.7 Å². The summed E-state index contributed by atoms with van der Waals surface area (Å²) in [5, 5.41) is 4.09. The van der Waals surface area contributed by atoms with Crippen LogP contribution in [-0.2, 0) is 6.54 Å². The Balaban J connectivity index is 2.00. The summed E-state index contributed by atoms with van der Waals surface area (Å²) in [4.78, 5) is 0. The van der Waals surface area contributed by atoms with E-state index in [9.17, 15) is 0 Å². The number of aromatic nitrogens is 1. The van der Waals surface area contributed by atoms with Gasteiger partial charge in [-0.25, -0.2) is 0 Å². The molecule has 0 bridgehead atoms. The van der Waals surface area contributed by atoms with Gasteiger partial charge in [-0.2, -0.15) is 0 Å². The molecule has 1 aromatic heterocycles. The molecule has 0 saturated carbocycles. The standard InChI is InChI=1S/C20H15Cl3N2/c21-14-3-6-20-16(11-14)15-9-12(2-5-19(15)25(20)8-7-24)13-1-4-17(22)18(23)10-13/h1-6,9-11H,7-8,24H2. The highest BCUT2D eigenvalue weighted by molar-refractivity contribution is 6.42. The molecule has 126 valence electrons. The highest BCUT2D eigenvalue weighted by Crippen LogP contribution is 2.35. The summed E-state index contributed by atoms with van der Waals surface area (Å²) >= 11 is 18.4. The van der Waals surface area contributed by atoms with E-state index in [0.29, 0.717) is 16.6 Å². The van der Waals surface area contributed by atoms with E-state index < -0.39 is 0 Å². The van der Waals surface area contributed by atoms with Crippen molar-refractivity contribution >= 4 is 56.6 Å². The molecule has 2 N–H and O–H groups in total. The van der Waals surface area contributed by atoms with E-state index in [-0.39, 0.29) is 0 Å². The lowest BCUT2D eigenvalue weighted by atomic mass is 10.0. The molecule has 0 aliphatic rings. The number of hydrogen-bond donors (Lipinski definition) is 1. The number of halogens is 3. The third kappa shape index (κ3) is 2.90. The molecule has 0 saturated heterocycles. The van der Waals surface area contributed by atoms with Gasteiger partial charge >= 0.3 is 0 Å². The first-order valence-electron chi connectivity index (χ1n) is 7.95. The number of hydrogen-bond acceptors (Lipinski definition) is 1. The molecule has 25 heavy (non-hydrogen) atoms. The molecule has 1 heterocycles. The summed E-state index contributed by atoms with van der Waals surface area (Å²) in [5.74, 6) is 0. The largest absolute Gasteiger partial charge is 0.339 e. The van der Waals surface area contributed by atoms with Crippen molar-refractivity contribution in [2.24, 2.45) is 5.73 Å². The van der Waals surface area contributed by atoms with Crippen LogP contribution in [0.15, 0.2) is 54.6 Å². The summed E-state index contributed by atoms with van der Waals surface area (Å²) in [6, 6.07) is 18.0. The van der Waals surface area contributed by atoms with Crippen molar-refractivity contribution in [1.82, 2.24) is 4.57 Å². The third-order valence-corrected chi connectivity index (χ3v) is 5.41. The van der Waals surface area contributed by atoms with Gasteiger partial charge in [-0.1, -0.05) is 46.9 Å². The molecule has 0 unspecified atom stereocenters. The maximum atomic E-state index is 6.23. The average Bonchev–Trinajstić information content (AvgIpc) is 2.90. The van der Waals surface area contributed by atoms with Crippen LogP contribution in [0.4, 0.5) is 0 Å². The quantitative estimate of drug-likeness (QED) is 0.433. The Bertz CT molecular complexity index is 1100. The van der Waals surface area contributed by atoms with E-state index >= 15 is 0 Å². The van der Waals surface area contributed by atoms with Crippen molar-refractivity contribution in [2.45, 2.75) is 6.54 Å². The summed E-state index contributed by atoms with van der Waals surface area (Å²) in [6.45, 7) is 1.34. The van der Waals surface area contributed by atoms with Crippen molar-refractivity contribution in [2.75, 3.05) is 6.54 Å². The molecule has 0 atom stereocenters. The molecule has 0 amide bonds. The van der Waals surface area contributed by atoms with Crippen LogP contribution in [0.1, 0.15) is 0 Å². The van der Waals surface area contributed by atoms with Gasteiger partial charge in [-0.15, -0.1) is 0 Å². The molecule has 5 heteroatoms. The maximum absolute atomic E-state index is 6.23. The highest BCUT2D eigenvalue weighted by Gasteiger charge is 2.12. The zero-order chi connectivity index (χ0) is 17.6. The fourth-order valence-corrected chi connectivity index (χ4v) is 3.77. The van der Waals surface area contributed by atoms with Crippen LogP contribution < -0.4 is 5.73 Å². The fourth-order valence-electron chi connectivity index (χ4n) is 3.30. The predicted octanol–water partition coefficient (Wildman–Crippen LogP) is 6.38. The predicted molar refractivity (Wildman–Crippen MR) is 109 cm³/mol. The summed E-state index contributed by atoms with van der Waals surface area (Å²) in [7, 11) is 0. The van der Waals surface area contributed by atoms with E-state index in [1.54, 1.807) is 0 Å². The molecular formula is C20H15Cl3N2. The van der Waals surface area contributed by atoms with Gasteiger partial charge < -0.3 is 10.3 Å². The van der Waals surface area contributed by atoms with Gasteiger partial charge in [0.2, 0.25) is 0 Å². The molecule has 3 aromatic carbocycles. The minimum absolute atomic E-state index is 0.549. The van der Waals surface area contributed by atoms with Crippen molar-refractivity contribution in [3.63, 3.8) is 0 Å². The van der Waals surface area contributed by atoms with Gasteiger partial charge in [0.15, 0.2) is 0 Å². The topological polar surface area (TPSA) is 30.9 Å². The van der Waals surface area contributed by atoms with Gasteiger partial charge in [0.1, 0.15) is 0 Å². The van der Waals surface area contributed by atoms with E-state index in [1.807, 2.05) is 36.4 Å². The number of benzene rings is 3. The van der Waals surface area contributed by atoms with E-state index in [0.717, 1.165) is 44.5 Å².